The number of carbonyl (C=O) groups is 2. The number of ether oxygens (including phenoxy) is 2. The molecule has 28 heavy (non-hydrogen) atoms. The van der Waals surface area contributed by atoms with Gasteiger partial charge < -0.3 is 14.4 Å². The zero-order valence-electron chi connectivity index (χ0n) is 16.4. The Balaban J connectivity index is 1.63. The molecule has 1 heterocycles. The van der Waals surface area contributed by atoms with E-state index in [1.54, 1.807) is 40.9 Å². The Labute approximate surface area is 170 Å². The fourth-order valence-corrected chi connectivity index (χ4v) is 4.09. The van der Waals surface area contributed by atoms with Gasteiger partial charge in [0.25, 0.3) is 5.91 Å². The molecule has 1 aliphatic rings. The first-order valence-corrected chi connectivity index (χ1v) is 10.3. The molecule has 0 saturated carbocycles. The van der Waals surface area contributed by atoms with Gasteiger partial charge in [0, 0.05) is 16.7 Å². The third-order valence-electron chi connectivity index (χ3n) is 4.33. The topological polar surface area (TPSA) is 55.8 Å². The molecule has 0 saturated heterocycles. The van der Waals surface area contributed by atoms with Crippen LogP contribution in [0.15, 0.2) is 53.4 Å². The Morgan fingerprint density at radius 2 is 1.86 bits per heavy atom. The van der Waals surface area contributed by atoms with Gasteiger partial charge >= 0.3 is 5.97 Å². The van der Waals surface area contributed by atoms with E-state index in [1.807, 2.05) is 38.1 Å². The fraction of sp³-hybridized carbons (Fsp3) is 0.364. The number of rotatable bonds is 5. The number of thioether (sulfide) groups is 1. The Hall–Kier alpha value is -2.47. The van der Waals surface area contributed by atoms with Crippen LogP contribution in [0.2, 0.25) is 0 Å². The predicted octanol–water partition coefficient (Wildman–Crippen LogP) is 4.55. The molecule has 0 spiro atoms. The van der Waals surface area contributed by atoms with Crippen LogP contribution in [0, 0.1) is 0 Å². The van der Waals surface area contributed by atoms with Crippen molar-refractivity contribution in [2.45, 2.75) is 43.4 Å². The van der Waals surface area contributed by atoms with Gasteiger partial charge in [-0.05, 0) is 56.7 Å². The van der Waals surface area contributed by atoms with Gasteiger partial charge in [0.1, 0.15) is 5.75 Å². The summed E-state index contributed by atoms with van der Waals surface area (Å²) in [5, 5.41) is 0.424. The lowest BCUT2D eigenvalue weighted by Crippen LogP contribution is -2.35. The molecule has 0 aliphatic carbocycles. The van der Waals surface area contributed by atoms with E-state index in [0.29, 0.717) is 23.1 Å². The van der Waals surface area contributed by atoms with Crippen molar-refractivity contribution in [3.63, 3.8) is 0 Å². The van der Waals surface area contributed by atoms with Crippen molar-refractivity contribution >= 4 is 29.3 Å². The molecule has 1 atom stereocenters. The summed E-state index contributed by atoms with van der Waals surface area (Å²) in [5.41, 5.74) is 1.28. The van der Waals surface area contributed by atoms with Crippen molar-refractivity contribution in [3.8, 4) is 5.75 Å². The van der Waals surface area contributed by atoms with Gasteiger partial charge in [-0.2, -0.15) is 0 Å². The molecule has 1 aliphatic heterocycles. The van der Waals surface area contributed by atoms with Crippen LogP contribution >= 0.6 is 11.8 Å². The number of benzene rings is 2. The Bertz CT molecular complexity index is 835. The molecule has 0 aromatic heterocycles. The van der Waals surface area contributed by atoms with Gasteiger partial charge in [0.2, 0.25) is 0 Å². The number of fused-ring (bicyclic) bond motifs is 1. The predicted molar refractivity (Wildman–Crippen MR) is 111 cm³/mol. The molecular formula is C22H25NO4S. The number of anilines is 1. The van der Waals surface area contributed by atoms with Crippen LogP contribution in [-0.2, 0) is 9.53 Å². The summed E-state index contributed by atoms with van der Waals surface area (Å²) in [6.45, 7) is 6.36. The van der Waals surface area contributed by atoms with Gasteiger partial charge in [-0.1, -0.05) is 19.1 Å². The average molecular weight is 400 g/mol. The van der Waals surface area contributed by atoms with E-state index >= 15 is 0 Å². The van der Waals surface area contributed by atoms with Crippen molar-refractivity contribution < 1.29 is 19.1 Å². The molecular weight excluding hydrogens is 374 g/mol. The standard InChI is InChI=1S/C22H25NO4S/c1-15(2)27-18-10-8-17(9-11-18)22(25)26-14-21(24)23-13-12-16(3)28-20-7-5-4-6-19(20)23/h4-11,15-16H,12-14H2,1-3H3/t16-/m1/s1. The second-order valence-corrected chi connectivity index (χ2v) is 8.48. The highest BCUT2D eigenvalue weighted by molar-refractivity contribution is 8.00. The highest BCUT2D eigenvalue weighted by atomic mass is 32.2. The Morgan fingerprint density at radius 1 is 1.14 bits per heavy atom. The van der Waals surface area contributed by atoms with Crippen molar-refractivity contribution in [1.82, 2.24) is 0 Å². The van der Waals surface area contributed by atoms with E-state index in [2.05, 4.69) is 6.92 Å². The third-order valence-corrected chi connectivity index (χ3v) is 5.57. The van der Waals surface area contributed by atoms with Crippen LogP contribution in [0.1, 0.15) is 37.6 Å². The molecule has 0 fully saturated rings. The number of hydrogen-bond donors (Lipinski definition) is 0. The van der Waals surface area contributed by atoms with E-state index in [9.17, 15) is 9.59 Å². The summed E-state index contributed by atoms with van der Waals surface area (Å²) in [7, 11) is 0. The number of amides is 1. The van der Waals surface area contributed by atoms with E-state index in [1.165, 1.54) is 0 Å². The molecule has 0 N–H and O–H groups in total. The zero-order chi connectivity index (χ0) is 20.1. The lowest BCUT2D eigenvalue weighted by Gasteiger charge is -2.22. The maximum atomic E-state index is 12.8. The molecule has 5 nitrogen and oxygen atoms in total. The maximum absolute atomic E-state index is 12.8. The summed E-state index contributed by atoms with van der Waals surface area (Å²) >= 11 is 1.77. The van der Waals surface area contributed by atoms with Crippen molar-refractivity contribution in [1.29, 1.82) is 0 Å². The number of nitrogens with zero attached hydrogens (tertiary/aromatic N) is 1. The van der Waals surface area contributed by atoms with Gasteiger partial charge in [0.05, 0.1) is 17.4 Å². The quantitative estimate of drug-likeness (QED) is 0.691. The summed E-state index contributed by atoms with van der Waals surface area (Å²) in [6.07, 6.45) is 0.948. The van der Waals surface area contributed by atoms with E-state index in [4.69, 9.17) is 9.47 Å². The first kappa shape index (κ1) is 20.3. The molecule has 0 bridgehead atoms. The summed E-state index contributed by atoms with van der Waals surface area (Å²) < 4.78 is 10.8. The minimum absolute atomic E-state index is 0.0628. The lowest BCUT2D eigenvalue weighted by atomic mass is 10.2. The van der Waals surface area contributed by atoms with Gasteiger partial charge in [0.15, 0.2) is 6.61 Å². The van der Waals surface area contributed by atoms with Crippen LogP contribution < -0.4 is 9.64 Å². The molecule has 0 radical (unpaired) electrons. The molecule has 3 rings (SSSR count). The Morgan fingerprint density at radius 3 is 2.57 bits per heavy atom. The summed E-state index contributed by atoms with van der Waals surface area (Å²) in [4.78, 5) is 27.8. The summed E-state index contributed by atoms with van der Waals surface area (Å²) in [5.74, 6) is -0.0408. The minimum atomic E-state index is -0.518. The number of carbonyl (C=O) groups excluding carboxylic acids is 2. The molecule has 2 aromatic carbocycles. The summed E-state index contributed by atoms with van der Waals surface area (Å²) in [6, 6.07) is 14.6. The molecule has 6 heteroatoms. The first-order valence-electron chi connectivity index (χ1n) is 9.44. The third kappa shape index (κ3) is 5.07. The van der Waals surface area contributed by atoms with Crippen molar-refractivity contribution in [3.05, 3.63) is 54.1 Å². The largest absolute Gasteiger partial charge is 0.491 e. The lowest BCUT2D eigenvalue weighted by molar-refractivity contribution is -0.121. The highest BCUT2D eigenvalue weighted by Gasteiger charge is 2.25. The SMILES string of the molecule is CC(C)Oc1ccc(C(=O)OCC(=O)N2CC[C@@H](C)Sc3ccccc32)cc1. The van der Waals surface area contributed by atoms with Crippen LogP contribution in [-0.4, -0.2) is 36.4 Å². The van der Waals surface area contributed by atoms with Gasteiger partial charge in [-0.15, -0.1) is 11.8 Å². The highest BCUT2D eigenvalue weighted by Crippen LogP contribution is 2.37. The van der Waals surface area contributed by atoms with E-state index in [0.717, 1.165) is 17.0 Å². The van der Waals surface area contributed by atoms with Crippen LogP contribution in [0.5, 0.6) is 5.75 Å². The smallest absolute Gasteiger partial charge is 0.338 e. The van der Waals surface area contributed by atoms with Gasteiger partial charge in [-0.25, -0.2) is 4.79 Å². The van der Waals surface area contributed by atoms with Crippen LogP contribution in [0.3, 0.4) is 0 Å². The normalized spacial score (nSPS) is 16.3. The van der Waals surface area contributed by atoms with Crippen molar-refractivity contribution in [2.24, 2.45) is 0 Å². The van der Waals surface area contributed by atoms with Gasteiger partial charge in [-0.3, -0.25) is 4.79 Å². The van der Waals surface area contributed by atoms with Crippen molar-refractivity contribution in [2.75, 3.05) is 18.1 Å². The molecule has 1 amide bonds. The fourth-order valence-electron chi connectivity index (χ4n) is 2.98. The number of esters is 1. The maximum Gasteiger partial charge on any atom is 0.338 e. The number of hydrogen-bond acceptors (Lipinski definition) is 5. The Kier molecular flexibility index (Phi) is 6.62. The zero-order valence-corrected chi connectivity index (χ0v) is 17.2. The minimum Gasteiger partial charge on any atom is -0.491 e. The first-order chi connectivity index (χ1) is 13.4. The molecule has 148 valence electrons. The second kappa shape index (κ2) is 9.15. The molecule has 0 unspecified atom stereocenters. The second-order valence-electron chi connectivity index (χ2n) is 7.00. The number of para-hydroxylation sites is 1. The van der Waals surface area contributed by atoms with Crippen LogP contribution in [0.4, 0.5) is 5.69 Å². The van der Waals surface area contributed by atoms with E-state index < -0.39 is 5.97 Å². The monoisotopic (exact) mass is 399 g/mol. The van der Waals surface area contributed by atoms with E-state index in [-0.39, 0.29) is 18.6 Å². The average Bonchev–Trinajstić information content (AvgIpc) is 2.84. The van der Waals surface area contributed by atoms with Crippen LogP contribution in [0.25, 0.3) is 0 Å². The molecule has 2 aromatic rings.